The monoisotopic (exact) mass is 366 g/mol. The van der Waals surface area contributed by atoms with E-state index in [1.54, 1.807) is 4.90 Å². The lowest BCUT2D eigenvalue weighted by Crippen LogP contribution is -2.40. The Morgan fingerprint density at radius 1 is 0.786 bits per heavy atom. The van der Waals surface area contributed by atoms with E-state index in [1.807, 2.05) is 43.4 Å². The second-order valence-corrected chi connectivity index (χ2v) is 7.62. The number of carbonyl (C=O) groups is 1. The van der Waals surface area contributed by atoms with E-state index in [-0.39, 0.29) is 5.91 Å². The highest BCUT2D eigenvalue weighted by Gasteiger charge is 2.53. The lowest BCUT2D eigenvalue weighted by Gasteiger charge is -2.29. The fourth-order valence-corrected chi connectivity index (χ4v) is 4.91. The van der Waals surface area contributed by atoms with E-state index in [0.29, 0.717) is 0 Å². The van der Waals surface area contributed by atoms with Crippen LogP contribution in [0, 0.1) is 6.92 Å². The van der Waals surface area contributed by atoms with E-state index in [1.165, 1.54) is 11.1 Å². The summed E-state index contributed by atoms with van der Waals surface area (Å²) < 4.78 is 2.15. The second kappa shape index (κ2) is 5.83. The van der Waals surface area contributed by atoms with Crippen molar-refractivity contribution in [1.29, 1.82) is 0 Å². The topological polar surface area (TPSA) is 25.2 Å². The Kier molecular flexibility index (Phi) is 3.50. The van der Waals surface area contributed by atoms with Crippen LogP contribution in [0.1, 0.15) is 22.3 Å². The summed E-state index contributed by atoms with van der Waals surface area (Å²) in [5.41, 5.74) is 5.60. The number of nitrogens with zero attached hydrogens (tertiary/aromatic N) is 2. The fraction of sp³-hybridized carbons (Fsp3) is 0.160. The summed E-state index contributed by atoms with van der Waals surface area (Å²) in [6.07, 6.45) is 2.14. The summed E-state index contributed by atoms with van der Waals surface area (Å²) in [6.45, 7) is 2.12. The smallest absolute Gasteiger partial charge is 0.246 e. The van der Waals surface area contributed by atoms with Crippen LogP contribution in [-0.4, -0.2) is 17.5 Å². The van der Waals surface area contributed by atoms with Gasteiger partial charge in [-0.15, -0.1) is 0 Å². The average molecular weight is 366 g/mol. The van der Waals surface area contributed by atoms with E-state index < -0.39 is 5.41 Å². The average Bonchev–Trinajstić information content (AvgIpc) is 3.17. The SMILES string of the molecule is Cc1cccc2c(C3(c4ccccc4)C(=O)N(C)c4ccccc43)cn(C)c12. The summed E-state index contributed by atoms with van der Waals surface area (Å²) >= 11 is 0. The van der Waals surface area contributed by atoms with Crippen LogP contribution < -0.4 is 4.90 Å². The third-order valence-corrected chi connectivity index (χ3v) is 6.11. The predicted molar refractivity (Wildman–Crippen MR) is 114 cm³/mol. The zero-order valence-electron chi connectivity index (χ0n) is 16.3. The molecule has 3 aromatic carbocycles. The Labute approximate surface area is 164 Å². The molecule has 0 bridgehead atoms. The molecule has 5 rings (SSSR count). The molecule has 2 heterocycles. The minimum atomic E-state index is -0.847. The molecule has 1 atom stereocenters. The number of anilines is 1. The standard InChI is InChI=1S/C25H22N2O/c1-17-10-9-13-19-21(16-26(2)23(17)19)25(18-11-5-4-6-12-18)20-14-7-8-15-22(20)27(3)24(25)28/h4-16H,1-3H3. The van der Waals surface area contributed by atoms with Gasteiger partial charge in [-0.3, -0.25) is 4.79 Å². The first kappa shape index (κ1) is 16.8. The lowest BCUT2D eigenvalue weighted by atomic mass is 9.70. The van der Waals surface area contributed by atoms with Gasteiger partial charge in [-0.1, -0.05) is 66.7 Å². The van der Waals surface area contributed by atoms with Gasteiger partial charge in [0.2, 0.25) is 5.91 Å². The van der Waals surface area contributed by atoms with Gasteiger partial charge in [0.05, 0.1) is 5.52 Å². The number of carbonyl (C=O) groups excluding carboxylic acids is 1. The Morgan fingerprint density at radius 2 is 1.50 bits per heavy atom. The molecule has 1 unspecified atom stereocenters. The zero-order valence-corrected chi connectivity index (χ0v) is 16.3. The number of benzene rings is 3. The van der Waals surface area contributed by atoms with Gasteiger partial charge in [0.15, 0.2) is 0 Å². The third-order valence-electron chi connectivity index (χ3n) is 6.11. The van der Waals surface area contributed by atoms with Gasteiger partial charge in [-0.2, -0.15) is 0 Å². The van der Waals surface area contributed by atoms with Crippen molar-refractivity contribution in [2.24, 2.45) is 7.05 Å². The van der Waals surface area contributed by atoms with Crippen molar-refractivity contribution in [3.63, 3.8) is 0 Å². The normalized spacial score (nSPS) is 18.7. The molecule has 28 heavy (non-hydrogen) atoms. The summed E-state index contributed by atoms with van der Waals surface area (Å²) in [6, 6.07) is 24.7. The molecular weight excluding hydrogens is 344 g/mol. The van der Waals surface area contributed by atoms with E-state index in [2.05, 4.69) is 61.1 Å². The second-order valence-electron chi connectivity index (χ2n) is 7.62. The number of likely N-dealkylation sites (N-methyl/N-ethyl adjacent to an activating group) is 1. The van der Waals surface area contributed by atoms with Gasteiger partial charge in [0.25, 0.3) is 0 Å². The van der Waals surface area contributed by atoms with Gasteiger partial charge >= 0.3 is 0 Å². The van der Waals surface area contributed by atoms with Crippen molar-refractivity contribution in [2.75, 3.05) is 11.9 Å². The molecule has 0 fully saturated rings. The molecule has 1 aromatic heterocycles. The highest BCUT2D eigenvalue weighted by Crippen LogP contribution is 2.51. The molecule has 1 aliphatic rings. The molecule has 0 spiro atoms. The molecule has 3 nitrogen and oxygen atoms in total. The maximum absolute atomic E-state index is 13.9. The number of fused-ring (bicyclic) bond motifs is 2. The first-order valence-corrected chi connectivity index (χ1v) is 9.55. The minimum absolute atomic E-state index is 0.0916. The third kappa shape index (κ3) is 1.96. The molecule has 1 aliphatic heterocycles. The maximum atomic E-state index is 13.9. The Morgan fingerprint density at radius 3 is 2.29 bits per heavy atom. The van der Waals surface area contributed by atoms with E-state index >= 15 is 0 Å². The van der Waals surface area contributed by atoms with Crippen LogP contribution >= 0.6 is 0 Å². The molecule has 4 aromatic rings. The van der Waals surface area contributed by atoms with Gasteiger partial charge in [-0.05, 0) is 24.1 Å². The number of hydrogen-bond acceptors (Lipinski definition) is 1. The maximum Gasteiger partial charge on any atom is 0.246 e. The van der Waals surface area contributed by atoms with Crippen molar-refractivity contribution < 1.29 is 4.79 Å². The molecule has 1 amide bonds. The number of rotatable bonds is 2. The first-order valence-electron chi connectivity index (χ1n) is 9.55. The molecule has 138 valence electrons. The Bertz CT molecular complexity index is 1220. The summed E-state index contributed by atoms with van der Waals surface area (Å²) in [7, 11) is 3.94. The van der Waals surface area contributed by atoms with Crippen LogP contribution in [0.4, 0.5) is 5.69 Å². The van der Waals surface area contributed by atoms with Crippen LogP contribution in [0.25, 0.3) is 10.9 Å². The zero-order chi connectivity index (χ0) is 19.5. The quantitative estimate of drug-likeness (QED) is 0.500. The highest BCUT2D eigenvalue weighted by molar-refractivity contribution is 6.14. The van der Waals surface area contributed by atoms with Crippen LogP contribution in [0.2, 0.25) is 0 Å². The van der Waals surface area contributed by atoms with Crippen molar-refractivity contribution in [3.8, 4) is 0 Å². The van der Waals surface area contributed by atoms with Gasteiger partial charge < -0.3 is 9.47 Å². The number of amides is 1. The van der Waals surface area contributed by atoms with Gasteiger partial charge in [-0.25, -0.2) is 0 Å². The van der Waals surface area contributed by atoms with E-state index in [0.717, 1.165) is 27.8 Å². The molecule has 0 saturated heterocycles. The lowest BCUT2D eigenvalue weighted by molar-refractivity contribution is -0.120. The van der Waals surface area contributed by atoms with Crippen LogP contribution in [0.5, 0.6) is 0 Å². The summed E-state index contributed by atoms with van der Waals surface area (Å²) in [5, 5.41) is 1.13. The van der Waals surface area contributed by atoms with Crippen molar-refractivity contribution >= 4 is 22.5 Å². The van der Waals surface area contributed by atoms with Crippen LogP contribution in [-0.2, 0) is 17.3 Å². The fourth-order valence-electron chi connectivity index (χ4n) is 4.91. The molecule has 0 aliphatic carbocycles. The van der Waals surface area contributed by atoms with Crippen molar-refractivity contribution in [1.82, 2.24) is 4.57 Å². The molecule has 0 saturated carbocycles. The molecule has 3 heteroatoms. The minimum Gasteiger partial charge on any atom is -0.350 e. The number of aromatic nitrogens is 1. The highest BCUT2D eigenvalue weighted by atomic mass is 16.2. The number of para-hydroxylation sites is 2. The van der Waals surface area contributed by atoms with Crippen molar-refractivity contribution in [3.05, 3.63) is 101 Å². The number of hydrogen-bond donors (Lipinski definition) is 0. The largest absolute Gasteiger partial charge is 0.350 e. The summed E-state index contributed by atoms with van der Waals surface area (Å²) in [5.74, 6) is 0.0916. The molecule has 0 N–H and O–H groups in total. The molecular formula is C25H22N2O. The van der Waals surface area contributed by atoms with E-state index in [9.17, 15) is 4.79 Å². The number of aryl methyl sites for hydroxylation is 2. The Hall–Kier alpha value is -3.33. The predicted octanol–water partition coefficient (Wildman–Crippen LogP) is 4.80. The van der Waals surface area contributed by atoms with Crippen molar-refractivity contribution in [2.45, 2.75) is 12.3 Å². The van der Waals surface area contributed by atoms with Crippen LogP contribution in [0.3, 0.4) is 0 Å². The van der Waals surface area contributed by atoms with E-state index in [4.69, 9.17) is 0 Å². The van der Waals surface area contributed by atoms with Crippen LogP contribution in [0.15, 0.2) is 79.0 Å². The summed E-state index contributed by atoms with van der Waals surface area (Å²) in [4.78, 5) is 15.7. The van der Waals surface area contributed by atoms with Gasteiger partial charge in [0, 0.05) is 42.5 Å². The first-order chi connectivity index (χ1) is 13.6. The van der Waals surface area contributed by atoms with Gasteiger partial charge in [0.1, 0.15) is 5.41 Å². The molecule has 0 radical (unpaired) electrons. The Balaban J connectivity index is 1.98.